The predicted octanol–water partition coefficient (Wildman–Crippen LogP) is 3.07. The van der Waals surface area contributed by atoms with Gasteiger partial charge >= 0.3 is 0 Å². The van der Waals surface area contributed by atoms with Gasteiger partial charge in [0.25, 0.3) is 0 Å². The zero-order valence-electron chi connectivity index (χ0n) is 11.8. The number of nitrogens with one attached hydrogen (secondary N) is 1. The fourth-order valence-corrected chi connectivity index (χ4v) is 2.45. The molecule has 0 heterocycles. The zero-order valence-corrected chi connectivity index (χ0v) is 11.8. The molecule has 0 spiro atoms. The van der Waals surface area contributed by atoms with E-state index >= 15 is 0 Å². The zero-order chi connectivity index (χ0) is 13.7. The molecule has 3 heteroatoms. The van der Waals surface area contributed by atoms with Crippen LogP contribution in [0.2, 0.25) is 0 Å². The minimum atomic E-state index is 0.0504. The Bertz CT molecular complexity index is 407. The molecule has 2 rings (SSSR count). The lowest BCUT2D eigenvalue weighted by molar-refractivity contribution is -0.125. The van der Waals surface area contributed by atoms with Crippen LogP contribution in [0.4, 0.5) is 0 Å². The van der Waals surface area contributed by atoms with Crippen molar-refractivity contribution in [3.8, 4) is 5.75 Å². The molecule has 1 aliphatic carbocycles. The van der Waals surface area contributed by atoms with Crippen molar-refractivity contribution in [2.24, 2.45) is 5.92 Å². The number of amides is 1. The maximum atomic E-state index is 11.9. The molecule has 0 bridgehead atoms. The van der Waals surface area contributed by atoms with E-state index in [1.54, 1.807) is 0 Å². The third-order valence-corrected chi connectivity index (χ3v) is 3.64. The van der Waals surface area contributed by atoms with Crippen LogP contribution in [0, 0.1) is 12.8 Å². The first kappa shape index (κ1) is 13.9. The lowest BCUT2D eigenvalue weighted by Crippen LogP contribution is -2.39. The van der Waals surface area contributed by atoms with Crippen LogP contribution in [0.3, 0.4) is 0 Å². The van der Waals surface area contributed by atoms with E-state index in [1.165, 1.54) is 18.4 Å². The Morgan fingerprint density at radius 1 is 1.32 bits per heavy atom. The lowest BCUT2D eigenvalue weighted by Gasteiger charge is -2.17. The summed E-state index contributed by atoms with van der Waals surface area (Å²) in [6.45, 7) is 4.55. The SMILES string of the molecule is Cc1ccc(OC[C@@H](C)NC(=O)C2CCCC2)cc1. The largest absolute Gasteiger partial charge is 0.491 e. The molecule has 1 aromatic carbocycles. The number of hydrogen-bond donors (Lipinski definition) is 1. The molecule has 19 heavy (non-hydrogen) atoms. The van der Waals surface area contributed by atoms with Crippen molar-refractivity contribution in [1.29, 1.82) is 0 Å². The van der Waals surface area contributed by atoms with Gasteiger partial charge in [0, 0.05) is 5.92 Å². The summed E-state index contributed by atoms with van der Waals surface area (Å²) in [5.41, 5.74) is 1.22. The Kier molecular flexibility index (Phi) is 4.83. The molecule has 104 valence electrons. The lowest BCUT2D eigenvalue weighted by atomic mass is 10.1. The number of ether oxygens (including phenoxy) is 1. The van der Waals surface area contributed by atoms with Gasteiger partial charge in [-0.15, -0.1) is 0 Å². The monoisotopic (exact) mass is 261 g/mol. The molecular weight excluding hydrogens is 238 g/mol. The number of carbonyl (C=O) groups excluding carboxylic acids is 1. The summed E-state index contributed by atoms with van der Waals surface area (Å²) >= 11 is 0. The van der Waals surface area contributed by atoms with Gasteiger partial charge in [0.2, 0.25) is 5.91 Å². The van der Waals surface area contributed by atoms with E-state index in [9.17, 15) is 4.79 Å². The van der Waals surface area contributed by atoms with Gasteiger partial charge in [0.05, 0.1) is 6.04 Å². The van der Waals surface area contributed by atoms with Crippen molar-refractivity contribution in [3.05, 3.63) is 29.8 Å². The summed E-state index contributed by atoms with van der Waals surface area (Å²) in [6, 6.07) is 8.02. The summed E-state index contributed by atoms with van der Waals surface area (Å²) in [5.74, 6) is 1.27. The van der Waals surface area contributed by atoms with E-state index < -0.39 is 0 Å². The maximum absolute atomic E-state index is 11.9. The van der Waals surface area contributed by atoms with Gasteiger partial charge < -0.3 is 10.1 Å². The molecule has 1 fully saturated rings. The van der Waals surface area contributed by atoms with E-state index in [0.717, 1.165) is 18.6 Å². The molecule has 0 aliphatic heterocycles. The quantitative estimate of drug-likeness (QED) is 0.884. The van der Waals surface area contributed by atoms with Crippen LogP contribution in [0.5, 0.6) is 5.75 Å². The van der Waals surface area contributed by atoms with Gasteiger partial charge in [0.15, 0.2) is 0 Å². The third kappa shape index (κ3) is 4.27. The molecule has 1 aromatic rings. The smallest absolute Gasteiger partial charge is 0.223 e. The topological polar surface area (TPSA) is 38.3 Å². The van der Waals surface area contributed by atoms with Gasteiger partial charge in [-0.1, -0.05) is 30.5 Å². The number of rotatable bonds is 5. The third-order valence-electron chi connectivity index (χ3n) is 3.64. The summed E-state index contributed by atoms with van der Waals surface area (Å²) < 4.78 is 5.67. The maximum Gasteiger partial charge on any atom is 0.223 e. The van der Waals surface area contributed by atoms with E-state index in [4.69, 9.17) is 4.74 Å². The van der Waals surface area contributed by atoms with E-state index in [1.807, 2.05) is 38.1 Å². The predicted molar refractivity (Wildman–Crippen MR) is 76.2 cm³/mol. The molecule has 0 aromatic heterocycles. The first-order chi connectivity index (χ1) is 9.15. The van der Waals surface area contributed by atoms with E-state index in [-0.39, 0.29) is 17.9 Å². The molecule has 3 nitrogen and oxygen atoms in total. The molecule has 1 atom stereocenters. The number of hydrogen-bond acceptors (Lipinski definition) is 2. The Hall–Kier alpha value is -1.51. The van der Waals surface area contributed by atoms with Gasteiger partial charge in [0.1, 0.15) is 12.4 Å². The van der Waals surface area contributed by atoms with Crippen LogP contribution in [0.15, 0.2) is 24.3 Å². The molecule has 1 saturated carbocycles. The highest BCUT2D eigenvalue weighted by Gasteiger charge is 2.23. The summed E-state index contributed by atoms with van der Waals surface area (Å²) in [7, 11) is 0. The highest BCUT2D eigenvalue weighted by atomic mass is 16.5. The van der Waals surface area contributed by atoms with Gasteiger partial charge in [-0.3, -0.25) is 4.79 Å². The van der Waals surface area contributed by atoms with Gasteiger partial charge in [-0.25, -0.2) is 0 Å². The Labute approximate surface area is 115 Å². The second kappa shape index (κ2) is 6.60. The first-order valence-electron chi connectivity index (χ1n) is 7.15. The minimum Gasteiger partial charge on any atom is -0.491 e. The minimum absolute atomic E-state index is 0.0504. The van der Waals surface area contributed by atoms with Crippen LogP contribution >= 0.6 is 0 Å². The summed E-state index contributed by atoms with van der Waals surface area (Å²) in [4.78, 5) is 11.9. The number of benzene rings is 1. The molecule has 0 radical (unpaired) electrons. The normalized spacial score (nSPS) is 17.2. The van der Waals surface area contributed by atoms with Gasteiger partial charge in [-0.05, 0) is 38.8 Å². The molecular formula is C16H23NO2. The van der Waals surface area contributed by atoms with E-state index in [0.29, 0.717) is 6.61 Å². The van der Waals surface area contributed by atoms with Crippen molar-refractivity contribution in [2.75, 3.05) is 6.61 Å². The average molecular weight is 261 g/mol. The molecule has 0 saturated heterocycles. The standard InChI is InChI=1S/C16H23NO2/c1-12-7-9-15(10-8-12)19-11-13(2)17-16(18)14-5-3-4-6-14/h7-10,13-14H,3-6,11H2,1-2H3,(H,17,18)/t13-/m1/s1. The highest BCUT2D eigenvalue weighted by Crippen LogP contribution is 2.24. The van der Waals surface area contributed by atoms with Crippen LogP contribution in [0.25, 0.3) is 0 Å². The van der Waals surface area contributed by atoms with Crippen molar-refractivity contribution < 1.29 is 9.53 Å². The van der Waals surface area contributed by atoms with Crippen LogP contribution in [-0.4, -0.2) is 18.6 Å². The highest BCUT2D eigenvalue weighted by molar-refractivity contribution is 5.79. The molecule has 0 unspecified atom stereocenters. The van der Waals surface area contributed by atoms with Crippen molar-refractivity contribution in [2.45, 2.75) is 45.6 Å². The Balaban J connectivity index is 1.73. The van der Waals surface area contributed by atoms with Gasteiger partial charge in [-0.2, -0.15) is 0 Å². The van der Waals surface area contributed by atoms with Crippen LogP contribution < -0.4 is 10.1 Å². The number of aryl methyl sites for hydroxylation is 1. The van der Waals surface area contributed by atoms with Crippen molar-refractivity contribution >= 4 is 5.91 Å². The second-order valence-electron chi connectivity index (χ2n) is 5.52. The Morgan fingerprint density at radius 3 is 2.58 bits per heavy atom. The molecule has 1 amide bonds. The van der Waals surface area contributed by atoms with Crippen molar-refractivity contribution in [3.63, 3.8) is 0 Å². The Morgan fingerprint density at radius 2 is 1.95 bits per heavy atom. The van der Waals surface area contributed by atoms with Crippen LogP contribution in [0.1, 0.15) is 38.2 Å². The fraction of sp³-hybridized carbons (Fsp3) is 0.562. The van der Waals surface area contributed by atoms with Crippen molar-refractivity contribution in [1.82, 2.24) is 5.32 Å². The van der Waals surface area contributed by atoms with Crippen LogP contribution in [-0.2, 0) is 4.79 Å². The molecule has 1 N–H and O–H groups in total. The fourth-order valence-electron chi connectivity index (χ4n) is 2.45. The second-order valence-corrected chi connectivity index (χ2v) is 5.52. The van der Waals surface area contributed by atoms with E-state index in [2.05, 4.69) is 5.32 Å². The number of carbonyl (C=O) groups is 1. The first-order valence-corrected chi connectivity index (χ1v) is 7.15. The summed E-state index contributed by atoms with van der Waals surface area (Å²) in [5, 5.41) is 3.04. The average Bonchev–Trinajstić information content (AvgIpc) is 2.92. The summed E-state index contributed by atoms with van der Waals surface area (Å²) in [6.07, 6.45) is 4.45. The molecule has 1 aliphatic rings.